The van der Waals surface area contributed by atoms with Gasteiger partial charge in [0.1, 0.15) is 6.61 Å². The normalized spacial score (nSPS) is 10.1. The maximum absolute atomic E-state index is 11.7. The summed E-state index contributed by atoms with van der Waals surface area (Å²) in [5, 5.41) is 0. The first-order valence-electron chi connectivity index (χ1n) is 5.05. The topological polar surface area (TPSA) is 29.5 Å². The highest BCUT2D eigenvalue weighted by atomic mass is 16.5. The number of methoxy groups -OCH3 is 1. The van der Waals surface area contributed by atoms with Crippen LogP contribution in [0.2, 0.25) is 0 Å². The molecule has 0 bridgehead atoms. The van der Waals surface area contributed by atoms with Gasteiger partial charge in [-0.25, -0.2) is 0 Å². The van der Waals surface area contributed by atoms with Crippen molar-refractivity contribution in [3.63, 3.8) is 0 Å². The molecule has 0 radical (unpaired) electrons. The van der Waals surface area contributed by atoms with Gasteiger partial charge in [-0.05, 0) is 26.0 Å². The standard InChI is InChI=1S/C12H17NO2/c1-4-13(12(14)9-15-3)11-7-5-10(2)6-8-11/h5-8H,4,9H2,1-3H3. The molecule has 0 N–H and O–H groups in total. The molecule has 0 unspecified atom stereocenters. The molecule has 15 heavy (non-hydrogen) atoms. The van der Waals surface area contributed by atoms with E-state index in [4.69, 9.17) is 4.74 Å². The number of carbonyl (C=O) groups excluding carboxylic acids is 1. The Hall–Kier alpha value is -1.35. The van der Waals surface area contributed by atoms with E-state index < -0.39 is 0 Å². The molecule has 0 atom stereocenters. The van der Waals surface area contributed by atoms with Crippen LogP contribution in [-0.4, -0.2) is 26.2 Å². The van der Waals surface area contributed by atoms with Crippen molar-refractivity contribution in [3.8, 4) is 0 Å². The number of rotatable bonds is 4. The minimum Gasteiger partial charge on any atom is -0.375 e. The summed E-state index contributed by atoms with van der Waals surface area (Å²) in [6, 6.07) is 7.90. The van der Waals surface area contributed by atoms with Crippen LogP contribution in [-0.2, 0) is 9.53 Å². The summed E-state index contributed by atoms with van der Waals surface area (Å²) in [5.74, 6) is -0.0103. The first-order valence-corrected chi connectivity index (χ1v) is 5.05. The fourth-order valence-corrected chi connectivity index (χ4v) is 1.43. The molecule has 3 heteroatoms. The minimum absolute atomic E-state index is 0.0103. The zero-order chi connectivity index (χ0) is 11.3. The molecule has 1 amide bonds. The molecule has 0 heterocycles. The van der Waals surface area contributed by atoms with Gasteiger partial charge in [0, 0.05) is 19.3 Å². The molecular weight excluding hydrogens is 190 g/mol. The number of carbonyl (C=O) groups is 1. The number of aryl methyl sites for hydroxylation is 1. The van der Waals surface area contributed by atoms with Gasteiger partial charge < -0.3 is 9.64 Å². The van der Waals surface area contributed by atoms with Gasteiger partial charge in [0.05, 0.1) is 0 Å². The van der Waals surface area contributed by atoms with Crippen molar-refractivity contribution in [2.24, 2.45) is 0 Å². The number of benzene rings is 1. The molecule has 0 spiro atoms. The highest BCUT2D eigenvalue weighted by Gasteiger charge is 2.12. The van der Waals surface area contributed by atoms with Crippen LogP contribution in [0.15, 0.2) is 24.3 Å². The molecule has 0 aromatic heterocycles. The molecule has 3 nitrogen and oxygen atoms in total. The molecule has 0 aliphatic carbocycles. The van der Waals surface area contributed by atoms with Crippen LogP contribution in [0, 0.1) is 6.92 Å². The monoisotopic (exact) mass is 207 g/mol. The van der Waals surface area contributed by atoms with E-state index >= 15 is 0 Å². The van der Waals surface area contributed by atoms with Crippen molar-refractivity contribution in [3.05, 3.63) is 29.8 Å². The van der Waals surface area contributed by atoms with Crippen molar-refractivity contribution in [1.29, 1.82) is 0 Å². The van der Waals surface area contributed by atoms with E-state index in [2.05, 4.69) is 0 Å². The summed E-state index contributed by atoms with van der Waals surface area (Å²) in [7, 11) is 1.53. The Morgan fingerprint density at radius 1 is 1.33 bits per heavy atom. The lowest BCUT2D eigenvalue weighted by molar-refractivity contribution is -0.122. The molecule has 82 valence electrons. The largest absolute Gasteiger partial charge is 0.375 e. The van der Waals surface area contributed by atoms with Gasteiger partial charge in [0.25, 0.3) is 5.91 Å². The highest BCUT2D eigenvalue weighted by molar-refractivity contribution is 5.94. The maximum atomic E-state index is 11.7. The van der Waals surface area contributed by atoms with Crippen LogP contribution in [0.5, 0.6) is 0 Å². The number of hydrogen-bond acceptors (Lipinski definition) is 2. The Morgan fingerprint density at radius 3 is 2.40 bits per heavy atom. The van der Waals surface area contributed by atoms with Gasteiger partial charge >= 0.3 is 0 Å². The first-order chi connectivity index (χ1) is 7.19. The summed E-state index contributed by atoms with van der Waals surface area (Å²) in [4.78, 5) is 13.4. The summed E-state index contributed by atoms with van der Waals surface area (Å²) < 4.78 is 4.84. The zero-order valence-electron chi connectivity index (χ0n) is 9.49. The highest BCUT2D eigenvalue weighted by Crippen LogP contribution is 2.14. The summed E-state index contributed by atoms with van der Waals surface area (Å²) in [6.07, 6.45) is 0. The van der Waals surface area contributed by atoms with E-state index in [-0.39, 0.29) is 12.5 Å². The molecule has 0 saturated heterocycles. The van der Waals surface area contributed by atoms with Gasteiger partial charge in [0.2, 0.25) is 0 Å². The fourth-order valence-electron chi connectivity index (χ4n) is 1.43. The van der Waals surface area contributed by atoms with Crippen molar-refractivity contribution in [1.82, 2.24) is 0 Å². The number of likely N-dealkylation sites (N-methyl/N-ethyl adjacent to an activating group) is 1. The molecule has 1 aromatic carbocycles. The number of amides is 1. The van der Waals surface area contributed by atoms with Gasteiger partial charge in [0.15, 0.2) is 0 Å². The lowest BCUT2D eigenvalue weighted by Crippen LogP contribution is -2.33. The van der Waals surface area contributed by atoms with Crippen molar-refractivity contribution in [2.75, 3.05) is 25.2 Å². The van der Waals surface area contributed by atoms with Crippen LogP contribution in [0.1, 0.15) is 12.5 Å². The van der Waals surface area contributed by atoms with Crippen LogP contribution >= 0.6 is 0 Å². The number of ether oxygens (including phenoxy) is 1. The molecule has 0 aliphatic rings. The first kappa shape index (κ1) is 11.7. The average Bonchev–Trinajstić information content (AvgIpc) is 2.22. The van der Waals surface area contributed by atoms with Crippen molar-refractivity contribution < 1.29 is 9.53 Å². The second-order valence-corrected chi connectivity index (χ2v) is 3.41. The third-order valence-electron chi connectivity index (χ3n) is 2.23. The maximum Gasteiger partial charge on any atom is 0.252 e. The Morgan fingerprint density at radius 2 is 1.93 bits per heavy atom. The van der Waals surface area contributed by atoms with E-state index in [1.54, 1.807) is 4.90 Å². The number of hydrogen-bond donors (Lipinski definition) is 0. The second kappa shape index (κ2) is 5.51. The van der Waals surface area contributed by atoms with E-state index in [1.807, 2.05) is 38.1 Å². The molecular formula is C12H17NO2. The second-order valence-electron chi connectivity index (χ2n) is 3.41. The van der Waals surface area contributed by atoms with E-state index in [9.17, 15) is 4.79 Å². The third-order valence-corrected chi connectivity index (χ3v) is 2.23. The molecule has 0 fully saturated rings. The van der Waals surface area contributed by atoms with Crippen molar-refractivity contribution >= 4 is 11.6 Å². The quantitative estimate of drug-likeness (QED) is 0.755. The van der Waals surface area contributed by atoms with Gasteiger partial charge in [-0.2, -0.15) is 0 Å². The number of nitrogens with zero attached hydrogens (tertiary/aromatic N) is 1. The molecule has 1 rings (SSSR count). The van der Waals surface area contributed by atoms with E-state index in [0.717, 1.165) is 5.69 Å². The molecule has 0 aliphatic heterocycles. The van der Waals surface area contributed by atoms with Crippen LogP contribution in [0.25, 0.3) is 0 Å². The van der Waals surface area contributed by atoms with Crippen LogP contribution in [0.3, 0.4) is 0 Å². The fraction of sp³-hybridized carbons (Fsp3) is 0.417. The van der Waals surface area contributed by atoms with Gasteiger partial charge in [-0.15, -0.1) is 0 Å². The van der Waals surface area contributed by atoms with Crippen LogP contribution < -0.4 is 4.90 Å². The predicted octanol–water partition coefficient (Wildman–Crippen LogP) is 1.99. The lowest BCUT2D eigenvalue weighted by atomic mass is 10.2. The molecule has 1 aromatic rings. The Labute approximate surface area is 90.7 Å². The number of anilines is 1. The molecule has 0 saturated carbocycles. The minimum atomic E-state index is -0.0103. The predicted molar refractivity (Wildman–Crippen MR) is 61.1 cm³/mol. The van der Waals surface area contributed by atoms with Crippen LogP contribution in [0.4, 0.5) is 5.69 Å². The SMILES string of the molecule is CCN(C(=O)COC)c1ccc(C)cc1. The summed E-state index contributed by atoms with van der Waals surface area (Å²) in [5.41, 5.74) is 2.11. The van der Waals surface area contributed by atoms with Crippen molar-refractivity contribution in [2.45, 2.75) is 13.8 Å². The average molecular weight is 207 g/mol. The van der Waals surface area contributed by atoms with Gasteiger partial charge in [-0.1, -0.05) is 17.7 Å². The Balaban J connectivity index is 2.82. The van der Waals surface area contributed by atoms with E-state index in [1.165, 1.54) is 12.7 Å². The Bertz CT molecular complexity index is 319. The smallest absolute Gasteiger partial charge is 0.252 e. The Kier molecular flexibility index (Phi) is 4.31. The summed E-state index contributed by atoms with van der Waals surface area (Å²) in [6.45, 7) is 4.76. The zero-order valence-corrected chi connectivity index (χ0v) is 9.49. The summed E-state index contributed by atoms with van der Waals surface area (Å²) >= 11 is 0. The van der Waals surface area contributed by atoms with Gasteiger partial charge in [-0.3, -0.25) is 4.79 Å². The van der Waals surface area contributed by atoms with E-state index in [0.29, 0.717) is 6.54 Å². The third kappa shape index (κ3) is 3.06. The lowest BCUT2D eigenvalue weighted by Gasteiger charge is -2.20.